The maximum atomic E-state index is 12.7. The predicted molar refractivity (Wildman–Crippen MR) is 140 cm³/mol. The van der Waals surface area contributed by atoms with Gasteiger partial charge in [0.15, 0.2) is 5.75 Å². The fraction of sp³-hybridized carbons (Fsp3) is 0.552. The number of hydrogen-bond acceptors (Lipinski definition) is 5. The highest BCUT2D eigenvalue weighted by atomic mass is 16.5. The van der Waals surface area contributed by atoms with Crippen molar-refractivity contribution in [1.29, 1.82) is 0 Å². The summed E-state index contributed by atoms with van der Waals surface area (Å²) < 4.78 is 17.3. The molecule has 0 saturated carbocycles. The zero-order chi connectivity index (χ0) is 24.8. The first-order valence-corrected chi connectivity index (χ1v) is 12.8. The summed E-state index contributed by atoms with van der Waals surface area (Å²) in [6.07, 6.45) is 15.8. The second kappa shape index (κ2) is 15.3. The van der Waals surface area contributed by atoms with E-state index < -0.39 is 5.63 Å². The number of allylic oxidation sites excluding steroid dienone is 3. The molecule has 0 aliphatic carbocycles. The number of unbranched alkanes of at least 4 members (excludes halogenated alkanes) is 7. The number of phenols is 1. The van der Waals surface area contributed by atoms with Gasteiger partial charge in [-0.05, 0) is 58.2 Å². The molecule has 1 aromatic carbocycles. The van der Waals surface area contributed by atoms with E-state index in [0.29, 0.717) is 17.7 Å². The van der Waals surface area contributed by atoms with Gasteiger partial charge in [0.05, 0.1) is 12.0 Å². The molecular formula is C29H42O5. The molecule has 0 amide bonds. The minimum atomic E-state index is -0.598. The molecule has 0 aliphatic heterocycles. The molecule has 0 atom stereocenters. The number of ether oxygens (including phenoxy) is 2. The molecule has 0 aliphatic rings. The Labute approximate surface area is 204 Å². The Hall–Kier alpha value is -2.69. The summed E-state index contributed by atoms with van der Waals surface area (Å²) in [5.41, 5.74) is 2.20. The van der Waals surface area contributed by atoms with E-state index in [-0.39, 0.29) is 23.7 Å². The minimum Gasteiger partial charge on any atom is -0.508 e. The zero-order valence-corrected chi connectivity index (χ0v) is 21.5. The summed E-state index contributed by atoms with van der Waals surface area (Å²) in [4.78, 5) is 12.7. The largest absolute Gasteiger partial charge is 0.508 e. The van der Waals surface area contributed by atoms with E-state index in [1.165, 1.54) is 55.7 Å². The van der Waals surface area contributed by atoms with Gasteiger partial charge >= 0.3 is 5.63 Å². The zero-order valence-electron chi connectivity index (χ0n) is 21.5. The Kier molecular flexibility index (Phi) is 12.4. The van der Waals surface area contributed by atoms with Crippen molar-refractivity contribution < 1.29 is 19.0 Å². The number of hydrogen-bond donors (Lipinski definition) is 1. The van der Waals surface area contributed by atoms with Gasteiger partial charge in [-0.1, -0.05) is 69.1 Å². The molecule has 0 saturated heterocycles. The van der Waals surface area contributed by atoms with Crippen molar-refractivity contribution in [1.82, 2.24) is 0 Å². The van der Waals surface area contributed by atoms with Crippen LogP contribution in [-0.4, -0.2) is 18.3 Å². The van der Waals surface area contributed by atoms with Crippen LogP contribution < -0.4 is 15.1 Å². The third-order valence-corrected chi connectivity index (χ3v) is 5.80. The maximum absolute atomic E-state index is 12.7. The van der Waals surface area contributed by atoms with Crippen molar-refractivity contribution in [3.8, 4) is 17.2 Å². The van der Waals surface area contributed by atoms with E-state index in [0.717, 1.165) is 25.7 Å². The molecule has 0 fully saturated rings. The normalized spacial score (nSPS) is 11.6. The van der Waals surface area contributed by atoms with Crippen LogP contribution in [0.25, 0.3) is 11.0 Å². The Balaban J connectivity index is 2.03. The fourth-order valence-electron chi connectivity index (χ4n) is 3.78. The van der Waals surface area contributed by atoms with Crippen LogP contribution in [0.15, 0.2) is 50.7 Å². The summed E-state index contributed by atoms with van der Waals surface area (Å²) in [6.45, 7) is 9.25. The second-order valence-electron chi connectivity index (χ2n) is 9.23. The van der Waals surface area contributed by atoms with Crippen molar-refractivity contribution in [3.05, 3.63) is 51.9 Å². The number of rotatable bonds is 16. The first-order valence-electron chi connectivity index (χ1n) is 12.8. The van der Waals surface area contributed by atoms with Gasteiger partial charge in [-0.25, -0.2) is 4.79 Å². The standard InChI is InChI=1S/C29H42O5/c1-5-6-7-8-9-10-11-12-19-32-27-25-17-16-24(30)21-26(25)34-29(31)28(27)33-20-18-23(4)15-13-14-22(2)3/h14,16-18,21,30H,5-13,15,19-20H2,1-4H3. The van der Waals surface area contributed by atoms with Crippen molar-refractivity contribution >= 4 is 11.0 Å². The number of aromatic hydroxyl groups is 1. The van der Waals surface area contributed by atoms with E-state index in [2.05, 4.69) is 33.8 Å². The lowest BCUT2D eigenvalue weighted by Crippen LogP contribution is -2.11. The third kappa shape index (κ3) is 9.66. The Morgan fingerprint density at radius 2 is 1.65 bits per heavy atom. The van der Waals surface area contributed by atoms with Gasteiger partial charge in [0.1, 0.15) is 17.9 Å². The highest BCUT2D eigenvalue weighted by molar-refractivity contribution is 5.86. The molecule has 0 unspecified atom stereocenters. The molecule has 188 valence electrons. The molecule has 34 heavy (non-hydrogen) atoms. The summed E-state index contributed by atoms with van der Waals surface area (Å²) in [5.74, 6) is 0.518. The van der Waals surface area contributed by atoms with Crippen molar-refractivity contribution in [3.63, 3.8) is 0 Å². The van der Waals surface area contributed by atoms with Crippen LogP contribution in [-0.2, 0) is 0 Å². The molecule has 0 spiro atoms. The lowest BCUT2D eigenvalue weighted by atomic mass is 10.1. The molecule has 0 bridgehead atoms. The maximum Gasteiger partial charge on any atom is 0.383 e. The highest BCUT2D eigenvalue weighted by Crippen LogP contribution is 2.34. The summed E-state index contributed by atoms with van der Waals surface area (Å²) >= 11 is 0. The summed E-state index contributed by atoms with van der Waals surface area (Å²) in [5, 5.41) is 10.4. The molecule has 0 radical (unpaired) electrons. The lowest BCUT2D eigenvalue weighted by Gasteiger charge is -2.13. The Morgan fingerprint density at radius 1 is 0.941 bits per heavy atom. The highest BCUT2D eigenvalue weighted by Gasteiger charge is 2.18. The van der Waals surface area contributed by atoms with Gasteiger partial charge in [-0.15, -0.1) is 0 Å². The van der Waals surface area contributed by atoms with E-state index in [1.54, 1.807) is 12.1 Å². The van der Waals surface area contributed by atoms with Crippen LogP contribution in [0.1, 0.15) is 91.9 Å². The molecule has 5 heteroatoms. The monoisotopic (exact) mass is 470 g/mol. The predicted octanol–water partition coefficient (Wildman–Crippen LogP) is 8.09. The van der Waals surface area contributed by atoms with Crippen LogP contribution in [0.2, 0.25) is 0 Å². The van der Waals surface area contributed by atoms with Crippen molar-refractivity contribution in [2.24, 2.45) is 0 Å². The van der Waals surface area contributed by atoms with Crippen LogP contribution in [0.4, 0.5) is 0 Å². The lowest BCUT2D eigenvalue weighted by molar-refractivity contribution is 0.269. The van der Waals surface area contributed by atoms with E-state index in [1.807, 2.05) is 6.08 Å². The molecule has 2 rings (SSSR count). The van der Waals surface area contributed by atoms with Gasteiger partial charge in [0.25, 0.3) is 0 Å². The number of phenolic OH excluding ortho intramolecular Hbond substituents is 1. The first kappa shape index (κ1) is 27.6. The first-order chi connectivity index (χ1) is 16.4. The molecule has 1 N–H and O–H groups in total. The molecule has 1 aromatic heterocycles. The average molecular weight is 471 g/mol. The van der Waals surface area contributed by atoms with Crippen LogP contribution in [0.5, 0.6) is 17.2 Å². The SMILES string of the molecule is CCCCCCCCCCOc1c(OCC=C(C)CCC=C(C)C)c(=O)oc2cc(O)ccc12. The smallest absolute Gasteiger partial charge is 0.383 e. The number of benzene rings is 1. The topological polar surface area (TPSA) is 68.9 Å². The Bertz CT molecular complexity index is 995. The van der Waals surface area contributed by atoms with Gasteiger partial charge in [-0.2, -0.15) is 0 Å². The summed E-state index contributed by atoms with van der Waals surface area (Å²) in [7, 11) is 0. The average Bonchev–Trinajstić information content (AvgIpc) is 2.78. The second-order valence-corrected chi connectivity index (χ2v) is 9.23. The van der Waals surface area contributed by atoms with Crippen molar-refractivity contribution in [2.75, 3.05) is 13.2 Å². The van der Waals surface area contributed by atoms with Gasteiger partial charge < -0.3 is 19.0 Å². The van der Waals surface area contributed by atoms with E-state index in [4.69, 9.17) is 13.9 Å². The van der Waals surface area contributed by atoms with Crippen LogP contribution in [0, 0.1) is 0 Å². The quantitative estimate of drug-likeness (QED) is 0.152. The molecule has 5 nitrogen and oxygen atoms in total. The summed E-state index contributed by atoms with van der Waals surface area (Å²) in [6, 6.07) is 4.68. The Morgan fingerprint density at radius 3 is 2.35 bits per heavy atom. The van der Waals surface area contributed by atoms with E-state index in [9.17, 15) is 9.90 Å². The van der Waals surface area contributed by atoms with Gasteiger partial charge in [-0.3, -0.25) is 0 Å². The van der Waals surface area contributed by atoms with Gasteiger partial charge in [0.2, 0.25) is 5.75 Å². The minimum absolute atomic E-state index is 0.0354. The number of fused-ring (bicyclic) bond motifs is 1. The van der Waals surface area contributed by atoms with Crippen molar-refractivity contribution in [2.45, 2.75) is 91.9 Å². The molecule has 2 aromatic rings. The fourth-order valence-corrected chi connectivity index (χ4v) is 3.78. The third-order valence-electron chi connectivity index (χ3n) is 5.80. The van der Waals surface area contributed by atoms with E-state index >= 15 is 0 Å². The van der Waals surface area contributed by atoms with Crippen LogP contribution in [0.3, 0.4) is 0 Å². The molecular weight excluding hydrogens is 428 g/mol. The molecule has 1 heterocycles. The van der Waals surface area contributed by atoms with Gasteiger partial charge in [0, 0.05) is 6.07 Å². The van der Waals surface area contributed by atoms with Crippen LogP contribution >= 0.6 is 0 Å².